The van der Waals surface area contributed by atoms with Gasteiger partial charge >= 0.3 is 0 Å². The molecule has 1 aromatic rings. The van der Waals surface area contributed by atoms with Gasteiger partial charge in [-0.15, -0.1) is 0 Å². The number of halogens is 1. The normalized spacial score (nSPS) is 9.18. The molecule has 0 aliphatic rings. The van der Waals surface area contributed by atoms with Crippen LogP contribution in [0.5, 0.6) is 0 Å². The molecule has 11 heavy (non-hydrogen) atoms. The number of nitrogens with two attached hydrogens (primary N) is 1. The van der Waals surface area contributed by atoms with Gasteiger partial charge in [-0.25, -0.2) is 4.98 Å². The minimum atomic E-state index is 0.192. The van der Waals surface area contributed by atoms with Gasteiger partial charge in [0, 0.05) is 0 Å². The lowest BCUT2D eigenvalue weighted by Crippen LogP contribution is -1.97. The molecule has 0 aliphatic carbocycles. The highest BCUT2D eigenvalue weighted by Gasteiger charge is 2.04. The van der Waals surface area contributed by atoms with Gasteiger partial charge in [0.1, 0.15) is 17.0 Å². The smallest absolute Gasteiger partial charge is 0.143 e. The van der Waals surface area contributed by atoms with Gasteiger partial charge in [0.15, 0.2) is 0 Å². The Hall–Kier alpha value is -1.27. The summed E-state index contributed by atoms with van der Waals surface area (Å²) in [5.41, 5.74) is 6.57. The average Bonchev–Trinajstić information content (AvgIpc) is 1.85. The summed E-state index contributed by atoms with van der Waals surface area (Å²) in [6.45, 7) is 1.77. The molecule has 0 aromatic carbocycles. The number of nitriles is 1. The Bertz CT molecular complexity index is 304. The molecule has 0 radical (unpaired) electrons. The molecule has 2 N–H and O–H groups in total. The van der Waals surface area contributed by atoms with E-state index in [2.05, 4.69) is 4.98 Å². The molecule has 0 saturated carbocycles. The van der Waals surface area contributed by atoms with Crippen LogP contribution in [0.3, 0.4) is 0 Å². The average molecular weight is 168 g/mol. The van der Waals surface area contributed by atoms with Crippen molar-refractivity contribution in [2.75, 3.05) is 5.73 Å². The first-order valence-electron chi connectivity index (χ1n) is 2.98. The molecular weight excluding hydrogens is 162 g/mol. The van der Waals surface area contributed by atoms with Crippen LogP contribution < -0.4 is 5.73 Å². The molecular formula is C7H6ClN3. The van der Waals surface area contributed by atoms with Gasteiger partial charge in [-0.3, -0.25) is 0 Å². The van der Waals surface area contributed by atoms with Crippen molar-refractivity contribution in [3.8, 4) is 6.07 Å². The Kier molecular flexibility index (Phi) is 1.97. The standard InChI is InChI=1S/C7H6ClN3/c1-4-2-6(8)11-7(10)5(4)3-9/h2H,1H3,(H2,10,11). The number of nitrogens with zero attached hydrogens (tertiary/aromatic N) is 2. The van der Waals surface area contributed by atoms with Crippen LogP contribution in [0.4, 0.5) is 5.82 Å². The number of nitrogen functional groups attached to an aromatic ring is 1. The number of aryl methyl sites for hydroxylation is 1. The zero-order chi connectivity index (χ0) is 8.43. The van der Waals surface area contributed by atoms with Crippen molar-refractivity contribution >= 4 is 17.4 Å². The van der Waals surface area contributed by atoms with Crippen LogP contribution in [0.25, 0.3) is 0 Å². The van der Waals surface area contributed by atoms with E-state index in [0.717, 1.165) is 5.56 Å². The predicted molar refractivity (Wildman–Crippen MR) is 43.1 cm³/mol. The van der Waals surface area contributed by atoms with E-state index in [4.69, 9.17) is 22.6 Å². The van der Waals surface area contributed by atoms with E-state index >= 15 is 0 Å². The van der Waals surface area contributed by atoms with Crippen LogP contribution in [0.2, 0.25) is 5.15 Å². The summed E-state index contributed by atoms with van der Waals surface area (Å²) >= 11 is 5.58. The topological polar surface area (TPSA) is 62.7 Å². The summed E-state index contributed by atoms with van der Waals surface area (Å²) in [6, 6.07) is 3.55. The Labute approximate surface area is 69.4 Å². The molecule has 0 aliphatic heterocycles. The molecule has 0 fully saturated rings. The Morgan fingerprint density at radius 2 is 2.36 bits per heavy atom. The lowest BCUT2D eigenvalue weighted by molar-refractivity contribution is 1.26. The van der Waals surface area contributed by atoms with E-state index in [9.17, 15) is 0 Å². The Morgan fingerprint density at radius 3 is 2.82 bits per heavy atom. The van der Waals surface area contributed by atoms with Crippen LogP contribution in [-0.2, 0) is 0 Å². The second-order valence-corrected chi connectivity index (χ2v) is 2.52. The quantitative estimate of drug-likeness (QED) is 0.596. The van der Waals surface area contributed by atoms with E-state index in [1.807, 2.05) is 6.07 Å². The van der Waals surface area contributed by atoms with Gasteiger partial charge in [0.2, 0.25) is 0 Å². The maximum atomic E-state index is 8.58. The maximum absolute atomic E-state index is 8.58. The lowest BCUT2D eigenvalue weighted by atomic mass is 10.2. The summed E-state index contributed by atoms with van der Waals surface area (Å²) < 4.78 is 0. The van der Waals surface area contributed by atoms with Crippen molar-refractivity contribution in [1.82, 2.24) is 4.98 Å². The molecule has 0 bridgehead atoms. The zero-order valence-corrected chi connectivity index (χ0v) is 6.68. The van der Waals surface area contributed by atoms with E-state index in [1.165, 1.54) is 0 Å². The SMILES string of the molecule is Cc1cc(Cl)nc(N)c1C#N. The van der Waals surface area contributed by atoms with Crippen molar-refractivity contribution < 1.29 is 0 Å². The van der Waals surface area contributed by atoms with Gasteiger partial charge in [-0.05, 0) is 18.6 Å². The number of hydrogen-bond acceptors (Lipinski definition) is 3. The van der Waals surface area contributed by atoms with Crippen LogP contribution in [0.15, 0.2) is 6.07 Å². The number of rotatable bonds is 0. The monoisotopic (exact) mass is 167 g/mol. The van der Waals surface area contributed by atoms with Gasteiger partial charge in [-0.2, -0.15) is 5.26 Å². The van der Waals surface area contributed by atoms with Crippen LogP contribution >= 0.6 is 11.6 Å². The minimum Gasteiger partial charge on any atom is -0.383 e. The van der Waals surface area contributed by atoms with E-state index in [0.29, 0.717) is 10.7 Å². The number of aromatic nitrogens is 1. The van der Waals surface area contributed by atoms with Crippen molar-refractivity contribution in [2.24, 2.45) is 0 Å². The minimum absolute atomic E-state index is 0.192. The fraction of sp³-hybridized carbons (Fsp3) is 0.143. The third-order valence-electron chi connectivity index (χ3n) is 1.33. The first-order chi connectivity index (χ1) is 5.15. The summed E-state index contributed by atoms with van der Waals surface area (Å²) in [5.74, 6) is 0.192. The van der Waals surface area contributed by atoms with Gasteiger partial charge in [0.25, 0.3) is 0 Å². The first-order valence-corrected chi connectivity index (χ1v) is 3.35. The molecule has 0 saturated heterocycles. The van der Waals surface area contributed by atoms with E-state index < -0.39 is 0 Å². The fourth-order valence-electron chi connectivity index (χ4n) is 0.802. The molecule has 4 heteroatoms. The molecule has 0 spiro atoms. The molecule has 0 amide bonds. The van der Waals surface area contributed by atoms with Crippen LogP contribution in [-0.4, -0.2) is 4.98 Å². The third-order valence-corrected chi connectivity index (χ3v) is 1.52. The third kappa shape index (κ3) is 1.41. The molecule has 1 heterocycles. The molecule has 1 aromatic heterocycles. The van der Waals surface area contributed by atoms with Gasteiger partial charge in [0.05, 0.1) is 5.56 Å². The van der Waals surface area contributed by atoms with Crippen LogP contribution in [0.1, 0.15) is 11.1 Å². The highest BCUT2D eigenvalue weighted by Crippen LogP contribution is 2.17. The van der Waals surface area contributed by atoms with Crippen molar-refractivity contribution in [2.45, 2.75) is 6.92 Å². The molecule has 1 rings (SSSR count). The molecule has 3 nitrogen and oxygen atoms in total. The molecule has 56 valence electrons. The summed E-state index contributed by atoms with van der Waals surface area (Å²) in [7, 11) is 0. The predicted octanol–water partition coefficient (Wildman–Crippen LogP) is 1.50. The van der Waals surface area contributed by atoms with Crippen molar-refractivity contribution in [3.63, 3.8) is 0 Å². The van der Waals surface area contributed by atoms with E-state index in [-0.39, 0.29) is 5.82 Å². The summed E-state index contributed by atoms with van der Waals surface area (Å²) in [5, 5.41) is 8.90. The molecule has 0 atom stereocenters. The largest absolute Gasteiger partial charge is 0.383 e. The number of pyridine rings is 1. The summed E-state index contributed by atoms with van der Waals surface area (Å²) in [6.07, 6.45) is 0. The Morgan fingerprint density at radius 1 is 1.73 bits per heavy atom. The molecule has 0 unspecified atom stereocenters. The van der Waals surface area contributed by atoms with E-state index in [1.54, 1.807) is 13.0 Å². The second kappa shape index (κ2) is 2.77. The second-order valence-electron chi connectivity index (χ2n) is 2.13. The number of hydrogen-bond donors (Lipinski definition) is 1. The first kappa shape index (κ1) is 7.83. The summed E-state index contributed by atoms with van der Waals surface area (Å²) in [4.78, 5) is 3.73. The number of anilines is 1. The highest BCUT2D eigenvalue weighted by molar-refractivity contribution is 6.29. The van der Waals surface area contributed by atoms with Gasteiger partial charge < -0.3 is 5.73 Å². The van der Waals surface area contributed by atoms with Crippen molar-refractivity contribution in [1.29, 1.82) is 5.26 Å². The maximum Gasteiger partial charge on any atom is 0.143 e. The van der Waals surface area contributed by atoms with Gasteiger partial charge in [-0.1, -0.05) is 11.6 Å². The Balaban J connectivity index is 3.40. The lowest BCUT2D eigenvalue weighted by Gasteiger charge is -1.99. The van der Waals surface area contributed by atoms with Crippen molar-refractivity contribution in [3.05, 3.63) is 22.3 Å². The van der Waals surface area contributed by atoms with Crippen LogP contribution in [0, 0.1) is 18.3 Å². The zero-order valence-electron chi connectivity index (χ0n) is 5.93. The highest BCUT2D eigenvalue weighted by atomic mass is 35.5. The fourth-order valence-corrected chi connectivity index (χ4v) is 1.06.